The lowest BCUT2D eigenvalue weighted by atomic mass is 10.2. The van der Waals surface area contributed by atoms with E-state index in [1.54, 1.807) is 48.1 Å². The third kappa shape index (κ3) is 3.04. The second kappa shape index (κ2) is 5.98. The number of halogens is 2. The van der Waals surface area contributed by atoms with Crippen molar-refractivity contribution in [2.45, 2.75) is 0 Å². The summed E-state index contributed by atoms with van der Waals surface area (Å²) in [6, 6.07) is 9.51. The number of aromatic nitrogens is 2. The highest BCUT2D eigenvalue weighted by Crippen LogP contribution is 2.29. The van der Waals surface area contributed by atoms with Crippen LogP contribution in [-0.4, -0.2) is 15.8 Å². The van der Waals surface area contributed by atoms with Crippen molar-refractivity contribution in [1.82, 2.24) is 9.78 Å². The van der Waals surface area contributed by atoms with Crippen molar-refractivity contribution in [1.29, 1.82) is 0 Å². The molecule has 1 aromatic heterocycles. The van der Waals surface area contributed by atoms with E-state index in [9.17, 15) is 9.59 Å². The van der Waals surface area contributed by atoms with E-state index in [0.29, 0.717) is 21.8 Å². The SMILES string of the molecule is Cn1[nH]c(=O)c2cc(NC(=O)Nc3cccc(Cl)c3Cl)ccc21. The van der Waals surface area contributed by atoms with Crippen molar-refractivity contribution in [2.24, 2.45) is 7.05 Å². The van der Waals surface area contributed by atoms with Gasteiger partial charge in [0.2, 0.25) is 0 Å². The highest BCUT2D eigenvalue weighted by atomic mass is 35.5. The molecule has 0 radical (unpaired) electrons. The molecule has 0 aliphatic heterocycles. The minimum atomic E-state index is -0.485. The van der Waals surface area contributed by atoms with Crippen LogP contribution in [0.3, 0.4) is 0 Å². The second-order valence-electron chi connectivity index (χ2n) is 4.91. The number of carbonyl (C=O) groups is 1. The van der Waals surface area contributed by atoms with Crippen molar-refractivity contribution in [3.8, 4) is 0 Å². The van der Waals surface area contributed by atoms with Crippen molar-refractivity contribution in [3.05, 3.63) is 56.8 Å². The molecular formula is C15H12Cl2N4O2. The first-order valence-corrected chi connectivity index (χ1v) is 7.42. The molecule has 3 aromatic rings. The van der Waals surface area contributed by atoms with Crippen molar-refractivity contribution < 1.29 is 4.79 Å². The summed E-state index contributed by atoms with van der Waals surface area (Å²) >= 11 is 11.9. The van der Waals surface area contributed by atoms with E-state index in [2.05, 4.69) is 15.7 Å². The summed E-state index contributed by atoms with van der Waals surface area (Å²) in [6.07, 6.45) is 0. The van der Waals surface area contributed by atoms with Crippen LogP contribution in [0, 0.1) is 0 Å². The largest absolute Gasteiger partial charge is 0.323 e. The molecular weight excluding hydrogens is 339 g/mol. The Hall–Kier alpha value is -2.44. The van der Waals surface area contributed by atoms with Gasteiger partial charge in [0.1, 0.15) is 0 Å². The van der Waals surface area contributed by atoms with Crippen LogP contribution in [0.15, 0.2) is 41.2 Å². The molecule has 8 heteroatoms. The van der Waals surface area contributed by atoms with E-state index < -0.39 is 6.03 Å². The lowest BCUT2D eigenvalue weighted by Gasteiger charge is -2.09. The Bertz CT molecular complexity index is 962. The number of nitrogens with zero attached hydrogens (tertiary/aromatic N) is 1. The van der Waals surface area contributed by atoms with E-state index in [-0.39, 0.29) is 10.6 Å². The van der Waals surface area contributed by atoms with Crippen LogP contribution < -0.4 is 16.2 Å². The molecule has 2 amide bonds. The average Bonchev–Trinajstić information content (AvgIpc) is 2.78. The number of aromatic amines is 1. The fourth-order valence-electron chi connectivity index (χ4n) is 2.25. The van der Waals surface area contributed by atoms with Gasteiger partial charge in [-0.05, 0) is 30.3 Å². The molecule has 23 heavy (non-hydrogen) atoms. The topological polar surface area (TPSA) is 78.9 Å². The van der Waals surface area contributed by atoms with Crippen molar-refractivity contribution in [3.63, 3.8) is 0 Å². The number of aryl methyl sites for hydroxylation is 1. The number of urea groups is 1. The number of rotatable bonds is 2. The Morgan fingerprint density at radius 1 is 1.17 bits per heavy atom. The van der Waals surface area contributed by atoms with E-state index >= 15 is 0 Å². The van der Waals surface area contributed by atoms with Gasteiger partial charge >= 0.3 is 6.03 Å². The number of hydrogen-bond donors (Lipinski definition) is 3. The Morgan fingerprint density at radius 3 is 2.74 bits per heavy atom. The van der Waals surface area contributed by atoms with Gasteiger partial charge < -0.3 is 10.6 Å². The highest BCUT2D eigenvalue weighted by molar-refractivity contribution is 6.44. The van der Waals surface area contributed by atoms with Crippen LogP contribution in [0.4, 0.5) is 16.2 Å². The molecule has 0 fully saturated rings. The molecule has 0 atom stereocenters. The molecule has 0 aliphatic carbocycles. The molecule has 0 aliphatic rings. The lowest BCUT2D eigenvalue weighted by Crippen LogP contribution is -2.19. The number of fused-ring (bicyclic) bond motifs is 1. The number of carbonyl (C=O) groups excluding carboxylic acids is 1. The standard InChI is InChI=1S/C15H12Cl2N4O2/c1-21-12-6-5-8(7-9(12)14(22)20-21)18-15(23)19-11-4-2-3-10(16)13(11)17/h2-7H,1H3,(H,20,22)(H2,18,19,23). The minimum absolute atomic E-state index is 0.218. The first-order valence-electron chi connectivity index (χ1n) is 6.66. The zero-order valence-corrected chi connectivity index (χ0v) is 13.5. The molecule has 2 aromatic carbocycles. The molecule has 3 N–H and O–H groups in total. The van der Waals surface area contributed by atoms with Gasteiger partial charge in [-0.1, -0.05) is 29.3 Å². The van der Waals surface area contributed by atoms with Gasteiger partial charge in [0, 0.05) is 12.7 Å². The van der Waals surface area contributed by atoms with Gasteiger partial charge in [-0.25, -0.2) is 4.79 Å². The van der Waals surface area contributed by atoms with Crippen molar-refractivity contribution >= 4 is 51.5 Å². The van der Waals surface area contributed by atoms with Gasteiger partial charge in [-0.3, -0.25) is 14.6 Å². The Kier molecular flexibility index (Phi) is 4.02. The van der Waals surface area contributed by atoms with Crippen LogP contribution in [0.1, 0.15) is 0 Å². The molecule has 0 saturated carbocycles. The number of H-pyrrole nitrogens is 1. The zero-order chi connectivity index (χ0) is 16.6. The summed E-state index contributed by atoms with van der Waals surface area (Å²) in [5.41, 5.74) is 1.42. The predicted molar refractivity (Wildman–Crippen MR) is 92.6 cm³/mol. The lowest BCUT2D eigenvalue weighted by molar-refractivity contribution is 0.262. The zero-order valence-electron chi connectivity index (χ0n) is 12.0. The number of benzene rings is 2. The number of hydrogen-bond acceptors (Lipinski definition) is 2. The van der Waals surface area contributed by atoms with Gasteiger partial charge in [-0.15, -0.1) is 0 Å². The third-order valence-electron chi connectivity index (χ3n) is 3.33. The number of amides is 2. The van der Waals surface area contributed by atoms with Gasteiger partial charge in [0.25, 0.3) is 5.56 Å². The quantitative estimate of drug-likeness (QED) is 0.656. The molecule has 0 bridgehead atoms. The summed E-state index contributed by atoms with van der Waals surface area (Å²) in [7, 11) is 1.74. The molecule has 0 saturated heterocycles. The molecule has 1 heterocycles. The normalized spacial score (nSPS) is 10.7. The fourth-order valence-corrected chi connectivity index (χ4v) is 2.59. The number of nitrogens with one attached hydrogen (secondary N) is 3. The monoisotopic (exact) mass is 350 g/mol. The maximum atomic E-state index is 12.1. The van der Waals surface area contributed by atoms with Crippen LogP contribution >= 0.6 is 23.2 Å². The minimum Gasteiger partial charge on any atom is -0.308 e. The van der Waals surface area contributed by atoms with E-state index in [0.717, 1.165) is 5.52 Å². The van der Waals surface area contributed by atoms with E-state index in [4.69, 9.17) is 23.2 Å². The summed E-state index contributed by atoms with van der Waals surface area (Å²) in [6.45, 7) is 0. The molecule has 0 unspecified atom stereocenters. The maximum Gasteiger partial charge on any atom is 0.323 e. The summed E-state index contributed by atoms with van der Waals surface area (Å²) in [5, 5.41) is 9.02. The van der Waals surface area contributed by atoms with Gasteiger partial charge in [0.05, 0.1) is 26.6 Å². The molecule has 0 spiro atoms. The van der Waals surface area contributed by atoms with E-state index in [1.807, 2.05) is 0 Å². The third-order valence-corrected chi connectivity index (χ3v) is 4.15. The smallest absolute Gasteiger partial charge is 0.308 e. The maximum absolute atomic E-state index is 12.1. The van der Waals surface area contributed by atoms with Crippen LogP contribution in [0.5, 0.6) is 0 Å². The predicted octanol–water partition coefficient (Wildman–Crippen LogP) is 3.82. The summed E-state index contributed by atoms with van der Waals surface area (Å²) < 4.78 is 1.62. The summed E-state index contributed by atoms with van der Waals surface area (Å²) in [4.78, 5) is 23.8. The molecule has 3 rings (SSSR count). The van der Waals surface area contributed by atoms with Gasteiger partial charge in [-0.2, -0.15) is 0 Å². The second-order valence-corrected chi connectivity index (χ2v) is 5.70. The fraction of sp³-hybridized carbons (Fsp3) is 0.0667. The van der Waals surface area contributed by atoms with Crippen molar-refractivity contribution in [2.75, 3.05) is 10.6 Å². The highest BCUT2D eigenvalue weighted by Gasteiger charge is 2.10. The Balaban J connectivity index is 1.81. The first-order chi connectivity index (χ1) is 11.0. The molecule has 6 nitrogen and oxygen atoms in total. The van der Waals surface area contributed by atoms with E-state index in [1.165, 1.54) is 0 Å². The van der Waals surface area contributed by atoms with Crippen LogP contribution in [0.25, 0.3) is 10.9 Å². The van der Waals surface area contributed by atoms with Crippen LogP contribution in [-0.2, 0) is 7.05 Å². The summed E-state index contributed by atoms with van der Waals surface area (Å²) in [5.74, 6) is 0. The molecule has 118 valence electrons. The van der Waals surface area contributed by atoms with Gasteiger partial charge in [0.15, 0.2) is 0 Å². The number of anilines is 2. The first kappa shape index (κ1) is 15.5. The Morgan fingerprint density at radius 2 is 1.96 bits per heavy atom. The van der Waals surface area contributed by atoms with Crippen LogP contribution in [0.2, 0.25) is 10.0 Å². The average molecular weight is 351 g/mol. The Labute approximate surface area is 141 Å².